The number of methoxy groups -OCH3 is 1. The lowest BCUT2D eigenvalue weighted by Crippen LogP contribution is -2.05. The lowest BCUT2D eigenvalue weighted by atomic mass is 9.99. The van der Waals surface area contributed by atoms with Gasteiger partial charge in [-0.3, -0.25) is 9.59 Å². The minimum atomic E-state index is -0.271. The summed E-state index contributed by atoms with van der Waals surface area (Å²) in [5.74, 6) is -0.271. The zero-order valence-electron chi connectivity index (χ0n) is 9.16. The monoisotopic (exact) mass is 206 g/mol. The third-order valence-electron chi connectivity index (χ3n) is 2.35. The Bertz CT molecular complexity index is 371. The van der Waals surface area contributed by atoms with Crippen LogP contribution in [0.25, 0.3) is 0 Å². The van der Waals surface area contributed by atoms with Crippen molar-refractivity contribution in [1.82, 2.24) is 0 Å². The summed E-state index contributed by atoms with van der Waals surface area (Å²) in [5.41, 5.74) is 3.36. The maximum atomic E-state index is 11.1. The predicted molar refractivity (Wildman–Crippen MR) is 57.0 cm³/mol. The standard InChI is InChI=1S/C12H14O3/c1-8-4-10(6-12(14)15-3)5-9(2)11(8)7-13/h4-5,7H,6H2,1-3H3. The predicted octanol–water partition coefficient (Wildman–Crippen LogP) is 1.83. The highest BCUT2D eigenvalue weighted by atomic mass is 16.5. The van der Waals surface area contributed by atoms with Gasteiger partial charge in [-0.15, -0.1) is 0 Å². The molecule has 15 heavy (non-hydrogen) atoms. The highest BCUT2D eigenvalue weighted by Crippen LogP contribution is 2.15. The number of carbonyl (C=O) groups is 2. The van der Waals surface area contributed by atoms with Gasteiger partial charge < -0.3 is 4.74 Å². The van der Waals surface area contributed by atoms with Crippen molar-refractivity contribution in [3.05, 3.63) is 34.4 Å². The van der Waals surface area contributed by atoms with Crippen LogP contribution in [0, 0.1) is 13.8 Å². The second kappa shape index (κ2) is 4.73. The zero-order valence-corrected chi connectivity index (χ0v) is 9.16. The van der Waals surface area contributed by atoms with Crippen LogP contribution in [0.4, 0.5) is 0 Å². The van der Waals surface area contributed by atoms with E-state index in [1.807, 2.05) is 26.0 Å². The van der Waals surface area contributed by atoms with Crippen LogP contribution in [0.3, 0.4) is 0 Å². The van der Waals surface area contributed by atoms with E-state index in [9.17, 15) is 9.59 Å². The van der Waals surface area contributed by atoms with Crippen molar-refractivity contribution >= 4 is 12.3 Å². The van der Waals surface area contributed by atoms with Gasteiger partial charge in [0, 0.05) is 5.56 Å². The van der Waals surface area contributed by atoms with Crippen LogP contribution in [0.2, 0.25) is 0 Å². The van der Waals surface area contributed by atoms with Crippen molar-refractivity contribution in [2.24, 2.45) is 0 Å². The third kappa shape index (κ3) is 2.65. The molecule has 0 atom stereocenters. The molecule has 0 N–H and O–H groups in total. The van der Waals surface area contributed by atoms with Gasteiger partial charge in [-0.05, 0) is 30.5 Å². The molecule has 0 spiro atoms. The number of aldehydes is 1. The van der Waals surface area contributed by atoms with Crippen LogP contribution in [0.1, 0.15) is 27.0 Å². The molecule has 80 valence electrons. The summed E-state index contributed by atoms with van der Waals surface area (Å²) < 4.78 is 4.58. The fourth-order valence-corrected chi connectivity index (χ4v) is 1.59. The van der Waals surface area contributed by atoms with Gasteiger partial charge in [0.1, 0.15) is 0 Å². The molecule has 1 rings (SSSR count). The SMILES string of the molecule is COC(=O)Cc1cc(C)c(C=O)c(C)c1. The number of rotatable bonds is 3. The highest BCUT2D eigenvalue weighted by molar-refractivity contribution is 5.80. The van der Waals surface area contributed by atoms with Gasteiger partial charge in [0.15, 0.2) is 6.29 Å². The molecule has 1 aromatic rings. The average molecular weight is 206 g/mol. The maximum Gasteiger partial charge on any atom is 0.309 e. The van der Waals surface area contributed by atoms with Gasteiger partial charge in [-0.1, -0.05) is 12.1 Å². The molecular formula is C12H14O3. The molecular weight excluding hydrogens is 192 g/mol. The molecule has 1 aromatic carbocycles. The van der Waals surface area contributed by atoms with Gasteiger partial charge in [-0.2, -0.15) is 0 Å². The van der Waals surface area contributed by atoms with Gasteiger partial charge in [0.2, 0.25) is 0 Å². The number of hydrogen-bond donors (Lipinski definition) is 0. The van der Waals surface area contributed by atoms with Crippen molar-refractivity contribution < 1.29 is 14.3 Å². The van der Waals surface area contributed by atoms with Crippen molar-refractivity contribution in [2.45, 2.75) is 20.3 Å². The van der Waals surface area contributed by atoms with E-state index in [1.165, 1.54) is 7.11 Å². The number of hydrogen-bond acceptors (Lipinski definition) is 3. The highest BCUT2D eigenvalue weighted by Gasteiger charge is 2.07. The molecule has 3 heteroatoms. The molecule has 0 aliphatic heterocycles. The van der Waals surface area contributed by atoms with Gasteiger partial charge in [0.25, 0.3) is 0 Å². The second-order valence-corrected chi connectivity index (χ2v) is 3.51. The molecule has 0 bridgehead atoms. The van der Waals surface area contributed by atoms with Crippen LogP contribution in [-0.2, 0) is 16.0 Å². The third-order valence-corrected chi connectivity index (χ3v) is 2.35. The molecule has 0 aromatic heterocycles. The first-order valence-corrected chi connectivity index (χ1v) is 4.70. The first-order valence-electron chi connectivity index (χ1n) is 4.70. The van der Waals surface area contributed by atoms with Crippen molar-refractivity contribution in [3.63, 3.8) is 0 Å². The smallest absolute Gasteiger partial charge is 0.309 e. The van der Waals surface area contributed by atoms with E-state index in [1.54, 1.807) is 0 Å². The molecule has 0 fully saturated rings. The summed E-state index contributed by atoms with van der Waals surface area (Å²) in [6, 6.07) is 3.68. The van der Waals surface area contributed by atoms with Crippen LogP contribution in [0.15, 0.2) is 12.1 Å². The molecule has 0 saturated heterocycles. The second-order valence-electron chi connectivity index (χ2n) is 3.51. The summed E-state index contributed by atoms with van der Waals surface area (Å²) in [5, 5.41) is 0. The van der Waals surface area contributed by atoms with Gasteiger partial charge >= 0.3 is 5.97 Å². The van der Waals surface area contributed by atoms with Crippen LogP contribution >= 0.6 is 0 Å². The minimum absolute atomic E-state index is 0.247. The average Bonchev–Trinajstić information content (AvgIpc) is 2.17. The molecule has 0 unspecified atom stereocenters. The van der Waals surface area contributed by atoms with Crippen LogP contribution < -0.4 is 0 Å². The van der Waals surface area contributed by atoms with E-state index in [2.05, 4.69) is 4.74 Å². The Morgan fingerprint density at radius 2 is 1.87 bits per heavy atom. The summed E-state index contributed by atoms with van der Waals surface area (Å²) in [6.07, 6.45) is 1.09. The summed E-state index contributed by atoms with van der Waals surface area (Å²) in [7, 11) is 1.36. The fourth-order valence-electron chi connectivity index (χ4n) is 1.59. The number of benzene rings is 1. The van der Waals surface area contributed by atoms with E-state index in [0.717, 1.165) is 23.0 Å². The van der Waals surface area contributed by atoms with Crippen molar-refractivity contribution in [3.8, 4) is 0 Å². The van der Waals surface area contributed by atoms with E-state index >= 15 is 0 Å². The van der Waals surface area contributed by atoms with E-state index in [4.69, 9.17) is 0 Å². The van der Waals surface area contributed by atoms with Crippen LogP contribution in [-0.4, -0.2) is 19.4 Å². The molecule has 0 aliphatic rings. The lowest BCUT2D eigenvalue weighted by molar-refractivity contribution is -0.139. The first kappa shape index (κ1) is 11.4. The van der Waals surface area contributed by atoms with Crippen LogP contribution in [0.5, 0.6) is 0 Å². The number of aryl methyl sites for hydroxylation is 2. The Hall–Kier alpha value is -1.64. The molecule has 0 saturated carbocycles. The Morgan fingerprint density at radius 3 is 2.27 bits per heavy atom. The van der Waals surface area contributed by atoms with Gasteiger partial charge in [0.05, 0.1) is 13.5 Å². The molecule has 3 nitrogen and oxygen atoms in total. The van der Waals surface area contributed by atoms with E-state index < -0.39 is 0 Å². The van der Waals surface area contributed by atoms with Gasteiger partial charge in [-0.25, -0.2) is 0 Å². The Labute approximate surface area is 89.1 Å². The lowest BCUT2D eigenvalue weighted by Gasteiger charge is -2.07. The minimum Gasteiger partial charge on any atom is -0.469 e. The number of esters is 1. The molecule has 0 aliphatic carbocycles. The van der Waals surface area contributed by atoms with Crippen molar-refractivity contribution in [2.75, 3.05) is 7.11 Å². The zero-order chi connectivity index (χ0) is 11.4. The Kier molecular flexibility index (Phi) is 3.61. The largest absolute Gasteiger partial charge is 0.469 e. The number of carbonyl (C=O) groups excluding carboxylic acids is 2. The fraction of sp³-hybridized carbons (Fsp3) is 0.333. The maximum absolute atomic E-state index is 11.1. The Morgan fingerprint density at radius 1 is 1.33 bits per heavy atom. The molecule has 0 heterocycles. The van der Waals surface area contributed by atoms with Crippen molar-refractivity contribution in [1.29, 1.82) is 0 Å². The molecule has 0 amide bonds. The quantitative estimate of drug-likeness (QED) is 0.559. The summed E-state index contributed by atoms with van der Waals surface area (Å²) in [4.78, 5) is 21.8. The topological polar surface area (TPSA) is 43.4 Å². The number of ether oxygens (including phenoxy) is 1. The van der Waals surface area contributed by atoms with E-state index in [0.29, 0.717) is 5.56 Å². The summed E-state index contributed by atoms with van der Waals surface area (Å²) >= 11 is 0. The Balaban J connectivity index is 3.03. The summed E-state index contributed by atoms with van der Waals surface area (Å²) in [6.45, 7) is 3.72. The first-order chi connectivity index (χ1) is 7.08. The normalized spacial score (nSPS) is 9.80. The van der Waals surface area contributed by atoms with E-state index in [-0.39, 0.29) is 12.4 Å². The molecule has 0 radical (unpaired) electrons.